The van der Waals surface area contributed by atoms with Crippen LogP contribution in [0.15, 0.2) is 41.0 Å². The molecule has 0 N–H and O–H groups in total. The summed E-state index contributed by atoms with van der Waals surface area (Å²) < 4.78 is 13.1. The molecule has 0 amide bonds. The zero-order chi connectivity index (χ0) is 14.6. The largest absolute Gasteiger partial charge is 0.299 e. The summed E-state index contributed by atoms with van der Waals surface area (Å²) in [4.78, 5) is 12.2. The smallest absolute Gasteiger partial charge is 0.143 e. The molecule has 4 rings (SSSR count). The van der Waals surface area contributed by atoms with E-state index in [1.54, 1.807) is 12.1 Å². The molecule has 0 saturated heterocycles. The quantitative estimate of drug-likeness (QED) is 0.741. The number of halogens is 1. The number of hydrogen-bond donors (Lipinski definition) is 0. The van der Waals surface area contributed by atoms with Crippen molar-refractivity contribution in [3.63, 3.8) is 0 Å². The molecule has 1 fully saturated rings. The number of nitrogens with zero attached hydrogens (tertiary/aromatic N) is 2. The van der Waals surface area contributed by atoms with Crippen LogP contribution in [0.2, 0.25) is 0 Å². The van der Waals surface area contributed by atoms with Crippen molar-refractivity contribution in [1.82, 2.24) is 0 Å². The second-order valence-corrected chi connectivity index (χ2v) is 6.39. The number of hydrazone groups is 1. The lowest BCUT2D eigenvalue weighted by molar-refractivity contribution is -0.124. The first-order valence-corrected chi connectivity index (χ1v) is 7.41. The Hall–Kier alpha value is -1.97. The van der Waals surface area contributed by atoms with E-state index in [4.69, 9.17) is 0 Å². The molecule has 4 heteroatoms. The molecule has 21 heavy (non-hydrogen) atoms. The second kappa shape index (κ2) is 4.26. The summed E-state index contributed by atoms with van der Waals surface area (Å²) in [5.74, 6) is 0.376. The van der Waals surface area contributed by atoms with Gasteiger partial charge in [0, 0.05) is 24.0 Å². The van der Waals surface area contributed by atoms with Crippen LogP contribution in [0.25, 0.3) is 0 Å². The third-order valence-electron chi connectivity index (χ3n) is 5.16. The molecule has 3 aliphatic rings. The van der Waals surface area contributed by atoms with Crippen molar-refractivity contribution in [1.29, 1.82) is 0 Å². The van der Waals surface area contributed by atoms with E-state index in [1.807, 2.05) is 11.2 Å². The van der Waals surface area contributed by atoms with Crippen molar-refractivity contribution in [2.45, 2.75) is 32.2 Å². The molecule has 0 aromatic heterocycles. The van der Waals surface area contributed by atoms with Crippen molar-refractivity contribution in [3.8, 4) is 0 Å². The summed E-state index contributed by atoms with van der Waals surface area (Å²) in [5.41, 5.74) is 1.86. The van der Waals surface area contributed by atoms with Crippen LogP contribution in [0.5, 0.6) is 0 Å². The normalized spacial score (nSPS) is 33.9. The van der Waals surface area contributed by atoms with Gasteiger partial charge in [-0.05, 0) is 44.0 Å². The van der Waals surface area contributed by atoms with Gasteiger partial charge < -0.3 is 0 Å². The van der Waals surface area contributed by atoms with Crippen LogP contribution in [0.3, 0.4) is 0 Å². The van der Waals surface area contributed by atoms with Crippen LogP contribution < -0.4 is 5.01 Å². The number of fused-ring (bicyclic) bond motifs is 2. The van der Waals surface area contributed by atoms with E-state index in [1.165, 1.54) is 17.7 Å². The number of carbonyl (C=O) groups excluding carboxylic acids is 1. The molecule has 108 valence electrons. The van der Waals surface area contributed by atoms with Gasteiger partial charge >= 0.3 is 0 Å². The minimum atomic E-state index is -0.286. The fourth-order valence-electron chi connectivity index (χ4n) is 3.87. The van der Waals surface area contributed by atoms with E-state index >= 15 is 0 Å². The monoisotopic (exact) mass is 284 g/mol. The summed E-state index contributed by atoms with van der Waals surface area (Å²) in [7, 11) is 0. The minimum absolute atomic E-state index is 0.157. The summed E-state index contributed by atoms with van der Waals surface area (Å²) in [6.07, 6.45) is 6.53. The third kappa shape index (κ3) is 1.78. The number of rotatable bonds is 1. The number of allylic oxidation sites excluding steroid dienone is 1. The van der Waals surface area contributed by atoms with Crippen LogP contribution in [0.1, 0.15) is 26.2 Å². The summed E-state index contributed by atoms with van der Waals surface area (Å²) in [6, 6.07) is 6.57. The number of anilines is 1. The van der Waals surface area contributed by atoms with Gasteiger partial charge in [0.25, 0.3) is 0 Å². The second-order valence-electron chi connectivity index (χ2n) is 6.39. The standard InChI is InChI=1S/C17H17FN2O/c1-17-9-11-10-19-20(14-5-3-13(18)4-6-14)15(11)8-12(17)2-7-16(17)21/h3-6,8,10-11,15H,2,7,9H2,1H3. The van der Waals surface area contributed by atoms with Crippen LogP contribution in [-0.4, -0.2) is 18.0 Å². The van der Waals surface area contributed by atoms with E-state index in [0.717, 1.165) is 18.5 Å². The maximum absolute atomic E-state index is 13.1. The first kappa shape index (κ1) is 12.7. The van der Waals surface area contributed by atoms with Gasteiger partial charge in [-0.15, -0.1) is 0 Å². The van der Waals surface area contributed by atoms with E-state index in [-0.39, 0.29) is 23.2 Å². The molecule has 0 bridgehead atoms. The zero-order valence-corrected chi connectivity index (χ0v) is 11.9. The van der Waals surface area contributed by atoms with Gasteiger partial charge in [-0.2, -0.15) is 5.10 Å². The molecule has 1 aliphatic heterocycles. The topological polar surface area (TPSA) is 32.7 Å². The lowest BCUT2D eigenvalue weighted by Gasteiger charge is -2.37. The zero-order valence-electron chi connectivity index (χ0n) is 11.9. The Morgan fingerprint density at radius 2 is 2.05 bits per heavy atom. The molecular weight excluding hydrogens is 267 g/mol. The van der Waals surface area contributed by atoms with Gasteiger partial charge in [0.05, 0.1) is 11.7 Å². The highest BCUT2D eigenvalue weighted by Gasteiger charge is 2.49. The SMILES string of the molecule is CC12CC3C=NN(c4ccc(F)cc4)C3C=C1CCC2=O. The molecule has 1 saturated carbocycles. The van der Waals surface area contributed by atoms with Gasteiger partial charge in [-0.25, -0.2) is 4.39 Å². The predicted octanol–water partition coefficient (Wildman–Crippen LogP) is 3.32. The number of ketones is 1. The highest BCUT2D eigenvalue weighted by molar-refractivity contribution is 5.92. The maximum Gasteiger partial charge on any atom is 0.143 e. The summed E-state index contributed by atoms with van der Waals surface area (Å²) >= 11 is 0. The average molecular weight is 284 g/mol. The minimum Gasteiger partial charge on any atom is -0.299 e. The van der Waals surface area contributed by atoms with Crippen LogP contribution in [0, 0.1) is 17.2 Å². The Balaban J connectivity index is 1.70. The van der Waals surface area contributed by atoms with Gasteiger partial charge in [0.2, 0.25) is 0 Å². The van der Waals surface area contributed by atoms with E-state index in [9.17, 15) is 9.18 Å². The number of carbonyl (C=O) groups is 1. The Morgan fingerprint density at radius 1 is 1.29 bits per heavy atom. The molecule has 1 aromatic rings. The molecule has 2 aliphatic carbocycles. The predicted molar refractivity (Wildman–Crippen MR) is 79.7 cm³/mol. The molecule has 3 nitrogen and oxygen atoms in total. The van der Waals surface area contributed by atoms with Gasteiger partial charge in [0.15, 0.2) is 0 Å². The van der Waals surface area contributed by atoms with E-state index in [2.05, 4.69) is 18.1 Å². The van der Waals surface area contributed by atoms with Crippen LogP contribution >= 0.6 is 0 Å². The Labute approximate surface area is 123 Å². The highest BCUT2D eigenvalue weighted by atomic mass is 19.1. The molecule has 0 radical (unpaired) electrons. The lowest BCUT2D eigenvalue weighted by Crippen LogP contribution is -2.40. The van der Waals surface area contributed by atoms with Gasteiger partial charge in [0.1, 0.15) is 11.6 Å². The fraction of sp³-hybridized carbons (Fsp3) is 0.412. The molecule has 3 unspecified atom stereocenters. The van der Waals surface area contributed by atoms with Crippen molar-refractivity contribution in [2.24, 2.45) is 16.4 Å². The Kier molecular flexibility index (Phi) is 2.59. The molecule has 0 spiro atoms. The lowest BCUT2D eigenvalue weighted by atomic mass is 9.70. The van der Waals surface area contributed by atoms with E-state index in [0.29, 0.717) is 12.2 Å². The highest BCUT2D eigenvalue weighted by Crippen LogP contribution is 2.50. The van der Waals surface area contributed by atoms with Crippen molar-refractivity contribution < 1.29 is 9.18 Å². The molecular formula is C17H17FN2O. The molecule has 1 heterocycles. The maximum atomic E-state index is 13.1. The number of benzene rings is 1. The van der Waals surface area contributed by atoms with Crippen LogP contribution in [0.4, 0.5) is 10.1 Å². The average Bonchev–Trinajstić information content (AvgIpc) is 2.99. The fourth-order valence-corrected chi connectivity index (χ4v) is 3.87. The first-order valence-electron chi connectivity index (χ1n) is 7.41. The van der Waals surface area contributed by atoms with E-state index < -0.39 is 0 Å². The molecule has 1 aromatic carbocycles. The van der Waals surface area contributed by atoms with Crippen molar-refractivity contribution >= 4 is 17.7 Å². The molecule has 3 atom stereocenters. The number of hydrogen-bond acceptors (Lipinski definition) is 3. The summed E-state index contributed by atoms with van der Waals surface area (Å²) in [6.45, 7) is 2.07. The first-order chi connectivity index (χ1) is 10.1. The third-order valence-corrected chi connectivity index (χ3v) is 5.16. The van der Waals surface area contributed by atoms with Crippen molar-refractivity contribution in [3.05, 3.63) is 41.7 Å². The number of Topliss-reactive ketones (excluding diaryl/α,β-unsaturated/α-hetero) is 1. The van der Waals surface area contributed by atoms with Gasteiger partial charge in [-0.3, -0.25) is 9.80 Å². The summed E-state index contributed by atoms with van der Waals surface area (Å²) in [5, 5.41) is 6.44. The Morgan fingerprint density at radius 3 is 2.81 bits per heavy atom. The van der Waals surface area contributed by atoms with Gasteiger partial charge in [-0.1, -0.05) is 11.6 Å². The van der Waals surface area contributed by atoms with Crippen LogP contribution in [-0.2, 0) is 4.79 Å². The van der Waals surface area contributed by atoms with Crippen molar-refractivity contribution in [2.75, 3.05) is 5.01 Å². The Bertz CT molecular complexity index is 664.